The summed E-state index contributed by atoms with van der Waals surface area (Å²) in [6.07, 6.45) is 1.90. The molecule has 0 aliphatic heterocycles. The van der Waals surface area contributed by atoms with Gasteiger partial charge in [-0.15, -0.1) is 0 Å². The summed E-state index contributed by atoms with van der Waals surface area (Å²) in [7, 11) is 0. The summed E-state index contributed by atoms with van der Waals surface area (Å²) < 4.78 is 0. The molecule has 42 heavy (non-hydrogen) atoms. The number of benzene rings is 7. The topological polar surface area (TPSA) is 12.9 Å². The van der Waals surface area contributed by atoms with Gasteiger partial charge in [0.05, 0.1) is 5.52 Å². The van der Waals surface area contributed by atoms with Gasteiger partial charge in [0, 0.05) is 17.0 Å². The maximum atomic E-state index is 4.86. The van der Waals surface area contributed by atoms with Crippen molar-refractivity contribution < 1.29 is 0 Å². The molecule has 8 aromatic rings. The summed E-state index contributed by atoms with van der Waals surface area (Å²) in [5.41, 5.74) is 13.6. The van der Waals surface area contributed by atoms with Crippen LogP contribution in [0.2, 0.25) is 0 Å². The molecule has 9 rings (SSSR count). The molecule has 0 bridgehead atoms. The zero-order valence-electron chi connectivity index (χ0n) is 22.9. The quantitative estimate of drug-likeness (QED) is 0.192. The van der Waals surface area contributed by atoms with Crippen LogP contribution in [0.5, 0.6) is 0 Å². The first-order valence-corrected chi connectivity index (χ1v) is 14.5. The number of nitrogens with zero attached hydrogens (tertiary/aromatic N) is 1. The van der Waals surface area contributed by atoms with Crippen LogP contribution in [0, 0.1) is 0 Å². The Morgan fingerprint density at radius 2 is 0.714 bits per heavy atom. The smallest absolute Gasteiger partial charge is 0.0786 e. The molecule has 1 aromatic heterocycles. The molecular formula is C41H25N. The van der Waals surface area contributed by atoms with E-state index < -0.39 is 0 Å². The van der Waals surface area contributed by atoms with Crippen LogP contribution < -0.4 is 0 Å². The largest absolute Gasteiger partial charge is 0.256 e. The second-order valence-electron chi connectivity index (χ2n) is 11.1. The van der Waals surface area contributed by atoms with Crippen LogP contribution in [0.25, 0.3) is 88.1 Å². The lowest BCUT2D eigenvalue weighted by Crippen LogP contribution is -1.97. The molecule has 1 aliphatic rings. The van der Waals surface area contributed by atoms with Gasteiger partial charge < -0.3 is 0 Å². The third-order valence-electron chi connectivity index (χ3n) is 8.88. The predicted octanol–water partition coefficient (Wildman–Crippen LogP) is 11.2. The highest BCUT2D eigenvalue weighted by Gasteiger charge is 2.22. The maximum Gasteiger partial charge on any atom is 0.0786 e. The fourth-order valence-electron chi connectivity index (χ4n) is 6.98. The molecule has 0 N–H and O–H groups in total. The molecule has 0 saturated carbocycles. The lowest BCUT2D eigenvalue weighted by atomic mass is 9.80. The van der Waals surface area contributed by atoms with Crippen LogP contribution in [0.4, 0.5) is 0 Å². The van der Waals surface area contributed by atoms with E-state index in [0.29, 0.717) is 0 Å². The van der Waals surface area contributed by atoms with Gasteiger partial charge in [0.1, 0.15) is 0 Å². The van der Waals surface area contributed by atoms with E-state index in [2.05, 4.69) is 140 Å². The van der Waals surface area contributed by atoms with Crippen LogP contribution >= 0.6 is 0 Å². The Balaban J connectivity index is 1.33. The number of pyridine rings is 1. The van der Waals surface area contributed by atoms with E-state index in [0.717, 1.165) is 5.52 Å². The van der Waals surface area contributed by atoms with Gasteiger partial charge in [-0.05, 0) is 90.0 Å². The fourth-order valence-corrected chi connectivity index (χ4v) is 6.98. The van der Waals surface area contributed by atoms with Gasteiger partial charge in [0.2, 0.25) is 0 Å². The standard InChI is InChI=1S/C41H25N/c1-2-11-29-28(10-1)30-12-3-4-14-32(30)36-21-19-26(24-39(36)35-17-8-6-13-31(29)35)27-20-22-37-33-15-5-7-16-34(33)38-18-9-23-42-41(38)40(37)25-27/h1-25H. The van der Waals surface area contributed by atoms with Crippen molar-refractivity contribution in [2.45, 2.75) is 0 Å². The minimum atomic E-state index is 1.05. The third-order valence-corrected chi connectivity index (χ3v) is 8.88. The lowest BCUT2D eigenvalue weighted by Gasteiger charge is -2.23. The van der Waals surface area contributed by atoms with Crippen LogP contribution in [-0.2, 0) is 0 Å². The molecule has 1 nitrogen and oxygen atoms in total. The van der Waals surface area contributed by atoms with E-state index in [-0.39, 0.29) is 0 Å². The van der Waals surface area contributed by atoms with E-state index in [1.54, 1.807) is 0 Å². The van der Waals surface area contributed by atoms with Gasteiger partial charge >= 0.3 is 0 Å². The van der Waals surface area contributed by atoms with Gasteiger partial charge in [-0.2, -0.15) is 0 Å². The van der Waals surface area contributed by atoms with Crippen molar-refractivity contribution >= 4 is 32.4 Å². The molecule has 1 heterocycles. The third kappa shape index (κ3) is 3.34. The van der Waals surface area contributed by atoms with Gasteiger partial charge in [-0.3, -0.25) is 4.98 Å². The van der Waals surface area contributed by atoms with E-state index in [1.165, 1.54) is 82.6 Å². The Hall–Kier alpha value is -5.53. The average molecular weight is 532 g/mol. The number of aromatic nitrogens is 1. The average Bonchev–Trinajstić information content (AvgIpc) is 3.07. The molecule has 0 saturated heterocycles. The summed E-state index contributed by atoms with van der Waals surface area (Å²) in [5.74, 6) is 0. The second kappa shape index (κ2) is 8.99. The van der Waals surface area contributed by atoms with Crippen molar-refractivity contribution in [2.24, 2.45) is 0 Å². The summed E-state index contributed by atoms with van der Waals surface area (Å²) >= 11 is 0. The van der Waals surface area contributed by atoms with Crippen molar-refractivity contribution in [1.29, 1.82) is 0 Å². The second-order valence-corrected chi connectivity index (χ2v) is 11.1. The van der Waals surface area contributed by atoms with Crippen molar-refractivity contribution in [3.8, 4) is 55.6 Å². The van der Waals surface area contributed by atoms with Gasteiger partial charge in [0.25, 0.3) is 0 Å². The first-order chi connectivity index (χ1) is 20.8. The van der Waals surface area contributed by atoms with E-state index in [9.17, 15) is 0 Å². The molecule has 7 aromatic carbocycles. The Kier molecular flexibility index (Phi) is 4.97. The summed E-state index contributed by atoms with van der Waals surface area (Å²) in [5, 5.41) is 6.13. The van der Waals surface area contributed by atoms with Crippen LogP contribution in [0.3, 0.4) is 0 Å². The van der Waals surface area contributed by atoms with Gasteiger partial charge in [0.15, 0.2) is 0 Å². The normalized spacial score (nSPS) is 11.8. The molecule has 0 radical (unpaired) electrons. The highest BCUT2D eigenvalue weighted by atomic mass is 14.6. The van der Waals surface area contributed by atoms with Crippen LogP contribution in [0.1, 0.15) is 0 Å². The van der Waals surface area contributed by atoms with Gasteiger partial charge in [-0.1, -0.05) is 127 Å². The van der Waals surface area contributed by atoms with Gasteiger partial charge in [-0.25, -0.2) is 0 Å². The highest BCUT2D eigenvalue weighted by Crippen LogP contribution is 2.48. The summed E-state index contributed by atoms with van der Waals surface area (Å²) in [6.45, 7) is 0. The lowest BCUT2D eigenvalue weighted by molar-refractivity contribution is 1.43. The van der Waals surface area contributed by atoms with Crippen molar-refractivity contribution in [2.75, 3.05) is 0 Å². The molecule has 0 amide bonds. The number of hydrogen-bond acceptors (Lipinski definition) is 1. The summed E-state index contributed by atoms with van der Waals surface area (Å²) in [4.78, 5) is 4.86. The Morgan fingerprint density at radius 3 is 1.33 bits per heavy atom. The summed E-state index contributed by atoms with van der Waals surface area (Å²) in [6, 6.07) is 53.2. The molecule has 0 spiro atoms. The monoisotopic (exact) mass is 531 g/mol. The van der Waals surface area contributed by atoms with Crippen molar-refractivity contribution in [3.63, 3.8) is 0 Å². The zero-order chi connectivity index (χ0) is 27.6. The molecule has 1 heteroatoms. The van der Waals surface area contributed by atoms with E-state index in [4.69, 9.17) is 4.98 Å². The van der Waals surface area contributed by atoms with E-state index in [1.807, 2.05) is 12.3 Å². The minimum absolute atomic E-state index is 1.05. The Morgan fingerprint density at radius 1 is 0.286 bits per heavy atom. The first kappa shape index (κ1) is 23.2. The number of hydrogen-bond donors (Lipinski definition) is 0. The molecule has 194 valence electrons. The fraction of sp³-hybridized carbons (Fsp3) is 0. The Bertz CT molecular complexity index is 2320. The molecule has 0 unspecified atom stereocenters. The first-order valence-electron chi connectivity index (χ1n) is 14.5. The molecule has 0 fully saturated rings. The van der Waals surface area contributed by atoms with Crippen molar-refractivity contribution in [1.82, 2.24) is 4.98 Å². The minimum Gasteiger partial charge on any atom is -0.256 e. The predicted molar refractivity (Wildman–Crippen MR) is 177 cm³/mol. The van der Waals surface area contributed by atoms with E-state index >= 15 is 0 Å². The number of fused-ring (bicyclic) bond motifs is 14. The molecule has 1 aliphatic carbocycles. The maximum absolute atomic E-state index is 4.86. The molecule has 0 atom stereocenters. The Labute approximate surface area is 244 Å². The van der Waals surface area contributed by atoms with Crippen molar-refractivity contribution in [3.05, 3.63) is 152 Å². The SMILES string of the molecule is c1ccc2c(c1)-c1ccccc1-c1ccc(-c3ccc4c5ccccc5c5cccnc5c4c3)cc1-c1ccccc1-2. The zero-order valence-corrected chi connectivity index (χ0v) is 22.9. The highest BCUT2D eigenvalue weighted by molar-refractivity contribution is 6.24. The number of rotatable bonds is 1. The van der Waals surface area contributed by atoms with Crippen LogP contribution in [-0.4, -0.2) is 4.98 Å². The molecular weight excluding hydrogens is 506 g/mol. The van der Waals surface area contributed by atoms with Crippen LogP contribution in [0.15, 0.2) is 152 Å².